The predicted molar refractivity (Wildman–Crippen MR) is 186 cm³/mol. The molecular weight excluding hydrogens is 574 g/mol. The van der Waals surface area contributed by atoms with Gasteiger partial charge >= 0.3 is 5.97 Å². The van der Waals surface area contributed by atoms with Gasteiger partial charge in [0.2, 0.25) is 0 Å². The first-order chi connectivity index (χ1) is 21.6. The van der Waals surface area contributed by atoms with Crippen LogP contribution in [0.25, 0.3) is 11.1 Å². The molecule has 1 N–H and O–H groups in total. The zero-order chi connectivity index (χ0) is 33.4. The van der Waals surface area contributed by atoms with Crippen molar-refractivity contribution in [3.8, 4) is 16.9 Å². The number of carbonyl (C=O) groups is 1. The van der Waals surface area contributed by atoms with Crippen LogP contribution in [0.15, 0.2) is 42.5 Å². The fourth-order valence-corrected chi connectivity index (χ4v) is 6.86. The number of aromatic nitrogens is 1. The van der Waals surface area contributed by atoms with E-state index in [2.05, 4.69) is 73.0 Å². The SMILES string of the molecule is Cc1nc(C)c([C@H](OC(C)(C)C)C(=O)O)c(N2CCC(C)(C)CC2)c1-c1ccc2c(c1)CCN(Cc1ccc(OC(C)C)cc1)C2. The number of carboxylic acid groups (broad SMARTS) is 1. The fourth-order valence-electron chi connectivity index (χ4n) is 6.86. The highest BCUT2D eigenvalue weighted by atomic mass is 16.5. The maximum absolute atomic E-state index is 12.8. The fraction of sp³-hybridized carbons (Fsp3) is 0.538. The number of piperidine rings is 1. The highest BCUT2D eigenvalue weighted by molar-refractivity contribution is 5.88. The molecule has 1 aromatic heterocycles. The largest absolute Gasteiger partial charge is 0.491 e. The Morgan fingerprint density at radius 1 is 0.978 bits per heavy atom. The van der Waals surface area contributed by atoms with Gasteiger partial charge in [0.15, 0.2) is 6.10 Å². The second-order valence-corrected chi connectivity index (χ2v) is 15.3. The number of aryl methyl sites for hydroxylation is 2. The summed E-state index contributed by atoms with van der Waals surface area (Å²) in [5.41, 5.74) is 9.00. The average Bonchev–Trinajstić information content (AvgIpc) is 2.96. The number of nitrogens with zero attached hydrogens (tertiary/aromatic N) is 3. The van der Waals surface area contributed by atoms with E-state index in [4.69, 9.17) is 14.5 Å². The summed E-state index contributed by atoms with van der Waals surface area (Å²) in [5.74, 6) is -0.0765. The molecule has 2 aliphatic heterocycles. The molecule has 3 aromatic rings. The van der Waals surface area contributed by atoms with E-state index >= 15 is 0 Å². The Hall–Kier alpha value is -3.42. The van der Waals surface area contributed by atoms with Crippen LogP contribution in [0.4, 0.5) is 5.69 Å². The third-order valence-corrected chi connectivity index (χ3v) is 9.26. The minimum atomic E-state index is -1.12. The Balaban J connectivity index is 1.50. The zero-order valence-corrected chi connectivity index (χ0v) is 29.4. The van der Waals surface area contributed by atoms with Crippen LogP contribution in [0.1, 0.15) is 101 Å². The van der Waals surface area contributed by atoms with E-state index in [0.29, 0.717) is 5.56 Å². The van der Waals surface area contributed by atoms with Crippen LogP contribution in [-0.2, 0) is 29.0 Å². The summed E-state index contributed by atoms with van der Waals surface area (Å²) in [4.78, 5) is 22.7. The Bertz CT molecular complexity index is 1540. The molecule has 7 heteroatoms. The summed E-state index contributed by atoms with van der Waals surface area (Å²) >= 11 is 0. The van der Waals surface area contributed by atoms with Crippen molar-refractivity contribution in [2.24, 2.45) is 5.41 Å². The van der Waals surface area contributed by atoms with Gasteiger partial charge in [-0.15, -0.1) is 0 Å². The highest BCUT2D eigenvalue weighted by Gasteiger charge is 2.36. The van der Waals surface area contributed by atoms with Gasteiger partial charge < -0.3 is 19.5 Å². The van der Waals surface area contributed by atoms with Crippen molar-refractivity contribution in [2.45, 2.75) is 112 Å². The summed E-state index contributed by atoms with van der Waals surface area (Å²) < 4.78 is 12.1. The Morgan fingerprint density at radius 2 is 1.65 bits per heavy atom. The molecule has 1 fully saturated rings. The Kier molecular flexibility index (Phi) is 9.86. The quantitative estimate of drug-likeness (QED) is 0.256. The molecule has 2 aliphatic rings. The second-order valence-electron chi connectivity index (χ2n) is 15.3. The van der Waals surface area contributed by atoms with E-state index in [0.717, 1.165) is 85.9 Å². The lowest BCUT2D eigenvalue weighted by atomic mass is 9.81. The molecule has 0 amide bonds. The van der Waals surface area contributed by atoms with E-state index in [1.165, 1.54) is 16.7 Å². The molecule has 2 aromatic carbocycles. The standard InChI is InChI=1S/C39H53N3O4/c1-25(2)45-32-14-10-28(11-15-32)23-41-19-16-29-22-30(12-13-31(29)24-41)33-26(3)40-27(4)34(36(37(43)44)46-38(5,6)7)35(33)42-20-17-39(8,9)18-21-42/h10-15,22,25,36H,16-21,23-24H2,1-9H3,(H,43,44)/t36-/m0/s1. The summed E-state index contributed by atoms with van der Waals surface area (Å²) in [5, 5.41) is 10.5. The van der Waals surface area contributed by atoms with Crippen molar-refractivity contribution in [3.05, 3.63) is 76.1 Å². The summed E-state index contributed by atoms with van der Waals surface area (Å²) in [6.07, 6.45) is 2.09. The Morgan fingerprint density at radius 3 is 2.26 bits per heavy atom. The van der Waals surface area contributed by atoms with Gasteiger partial charge in [-0.05, 0) is 108 Å². The molecule has 3 heterocycles. The number of anilines is 1. The first-order valence-electron chi connectivity index (χ1n) is 16.9. The number of rotatable bonds is 9. The number of ether oxygens (including phenoxy) is 2. The maximum atomic E-state index is 12.8. The number of carboxylic acids is 1. The van der Waals surface area contributed by atoms with Crippen LogP contribution in [-0.4, -0.2) is 52.3 Å². The van der Waals surface area contributed by atoms with Gasteiger partial charge in [0.05, 0.1) is 17.4 Å². The topological polar surface area (TPSA) is 75.1 Å². The minimum Gasteiger partial charge on any atom is -0.491 e. The van der Waals surface area contributed by atoms with Gasteiger partial charge in [-0.1, -0.05) is 44.2 Å². The normalized spacial score (nSPS) is 17.6. The molecule has 1 saturated heterocycles. The van der Waals surface area contributed by atoms with Gasteiger partial charge in [-0.25, -0.2) is 4.79 Å². The first kappa shape index (κ1) is 33.9. The van der Waals surface area contributed by atoms with Crippen LogP contribution in [0.3, 0.4) is 0 Å². The van der Waals surface area contributed by atoms with Gasteiger partial charge in [-0.2, -0.15) is 0 Å². The van der Waals surface area contributed by atoms with Gasteiger partial charge in [-0.3, -0.25) is 9.88 Å². The third kappa shape index (κ3) is 7.92. The van der Waals surface area contributed by atoms with Crippen LogP contribution in [0.5, 0.6) is 5.75 Å². The molecule has 0 saturated carbocycles. The Labute approximate surface area is 275 Å². The smallest absolute Gasteiger partial charge is 0.337 e. The number of benzene rings is 2. The molecule has 46 heavy (non-hydrogen) atoms. The van der Waals surface area contributed by atoms with Crippen molar-refractivity contribution >= 4 is 11.7 Å². The number of aliphatic carboxylic acids is 1. The van der Waals surface area contributed by atoms with E-state index in [1.807, 2.05) is 41.5 Å². The molecule has 0 spiro atoms. The van der Waals surface area contributed by atoms with Gasteiger partial charge in [0.1, 0.15) is 5.75 Å². The number of fused-ring (bicyclic) bond motifs is 1. The molecule has 0 unspecified atom stereocenters. The van der Waals surface area contributed by atoms with Gasteiger partial charge in [0, 0.05) is 55.2 Å². The maximum Gasteiger partial charge on any atom is 0.337 e. The summed E-state index contributed by atoms with van der Waals surface area (Å²) in [6.45, 7) is 22.9. The minimum absolute atomic E-state index is 0.166. The lowest BCUT2D eigenvalue weighted by molar-refractivity contribution is -0.160. The predicted octanol–water partition coefficient (Wildman–Crippen LogP) is 8.28. The van der Waals surface area contributed by atoms with Crippen LogP contribution in [0, 0.1) is 19.3 Å². The zero-order valence-electron chi connectivity index (χ0n) is 29.4. The van der Waals surface area contributed by atoms with Crippen molar-refractivity contribution in [1.82, 2.24) is 9.88 Å². The van der Waals surface area contributed by atoms with Crippen LogP contribution in [0.2, 0.25) is 0 Å². The molecule has 1 atom stereocenters. The van der Waals surface area contributed by atoms with E-state index in [9.17, 15) is 9.90 Å². The summed E-state index contributed by atoms with van der Waals surface area (Å²) in [6, 6.07) is 15.3. The lowest BCUT2D eigenvalue weighted by Gasteiger charge is -2.41. The summed E-state index contributed by atoms with van der Waals surface area (Å²) in [7, 11) is 0. The molecule has 5 rings (SSSR count). The van der Waals surface area contributed by atoms with E-state index in [-0.39, 0.29) is 11.5 Å². The van der Waals surface area contributed by atoms with E-state index in [1.54, 1.807) is 0 Å². The van der Waals surface area contributed by atoms with Crippen molar-refractivity contribution < 1.29 is 19.4 Å². The molecule has 248 valence electrons. The van der Waals surface area contributed by atoms with Crippen LogP contribution >= 0.6 is 0 Å². The lowest BCUT2D eigenvalue weighted by Crippen LogP contribution is -2.39. The third-order valence-electron chi connectivity index (χ3n) is 9.26. The van der Waals surface area contributed by atoms with Crippen molar-refractivity contribution in [1.29, 1.82) is 0 Å². The second kappa shape index (κ2) is 13.4. The van der Waals surface area contributed by atoms with Gasteiger partial charge in [0.25, 0.3) is 0 Å². The van der Waals surface area contributed by atoms with Crippen LogP contribution < -0.4 is 9.64 Å². The molecular formula is C39H53N3O4. The number of hydrogen-bond acceptors (Lipinski definition) is 6. The molecule has 0 aliphatic carbocycles. The molecule has 0 radical (unpaired) electrons. The first-order valence-corrected chi connectivity index (χ1v) is 16.9. The van der Waals surface area contributed by atoms with Crippen molar-refractivity contribution in [2.75, 3.05) is 24.5 Å². The molecule has 7 nitrogen and oxygen atoms in total. The average molecular weight is 628 g/mol. The monoisotopic (exact) mass is 627 g/mol. The number of pyridine rings is 1. The highest BCUT2D eigenvalue weighted by Crippen LogP contribution is 2.45. The van der Waals surface area contributed by atoms with Crippen molar-refractivity contribution in [3.63, 3.8) is 0 Å². The number of hydrogen-bond donors (Lipinski definition) is 1. The molecule has 0 bridgehead atoms. The van der Waals surface area contributed by atoms with E-state index < -0.39 is 17.7 Å².